The van der Waals surface area contributed by atoms with Crippen molar-refractivity contribution in [1.82, 2.24) is 4.57 Å². The number of aliphatic imine (C=N–C) groups is 1. The van der Waals surface area contributed by atoms with Gasteiger partial charge in [-0.15, -0.1) is 0 Å². The monoisotopic (exact) mass is 311 g/mol. The Bertz CT molecular complexity index is 813. The van der Waals surface area contributed by atoms with Gasteiger partial charge in [0.25, 0.3) is 5.91 Å². The van der Waals surface area contributed by atoms with Gasteiger partial charge in [0.05, 0.1) is 4.91 Å². The summed E-state index contributed by atoms with van der Waals surface area (Å²) in [6.07, 6.45) is 1.86. The molecule has 0 radical (unpaired) electrons. The number of carbonyl (C=O) groups excluding carboxylic acids is 1. The lowest BCUT2D eigenvalue weighted by molar-refractivity contribution is -0.113. The third-order valence-electron chi connectivity index (χ3n) is 3.69. The lowest BCUT2D eigenvalue weighted by atomic mass is 10.2. The van der Waals surface area contributed by atoms with E-state index < -0.39 is 0 Å². The van der Waals surface area contributed by atoms with Crippen LogP contribution in [0.15, 0.2) is 40.2 Å². The van der Waals surface area contributed by atoms with Crippen LogP contribution >= 0.6 is 11.8 Å². The number of amidine groups is 1. The van der Waals surface area contributed by atoms with Crippen LogP contribution < -0.4 is 5.73 Å². The summed E-state index contributed by atoms with van der Waals surface area (Å²) in [6, 6.07) is 10.5. The Balaban J connectivity index is 2.03. The number of aromatic nitrogens is 1. The maximum absolute atomic E-state index is 11.7. The topological polar surface area (TPSA) is 60.4 Å². The fraction of sp³-hybridized carbons (Fsp3) is 0.176. The Morgan fingerprint density at radius 1 is 1.18 bits per heavy atom. The number of nitrogens with two attached hydrogens (primary N) is 1. The number of rotatable bonds is 2. The summed E-state index contributed by atoms with van der Waals surface area (Å²) in [6.45, 7) is 6.18. The van der Waals surface area contributed by atoms with E-state index in [4.69, 9.17) is 5.73 Å². The van der Waals surface area contributed by atoms with E-state index in [-0.39, 0.29) is 5.91 Å². The summed E-state index contributed by atoms with van der Waals surface area (Å²) in [7, 11) is 0. The highest BCUT2D eigenvalue weighted by Gasteiger charge is 2.20. The van der Waals surface area contributed by atoms with E-state index >= 15 is 0 Å². The molecule has 0 spiro atoms. The van der Waals surface area contributed by atoms with Gasteiger partial charge in [-0.1, -0.05) is 17.7 Å². The van der Waals surface area contributed by atoms with Crippen LogP contribution in [0.3, 0.4) is 0 Å². The second-order valence-corrected chi connectivity index (χ2v) is 6.43. The fourth-order valence-corrected chi connectivity index (χ4v) is 3.26. The molecule has 0 saturated heterocycles. The second-order valence-electron chi connectivity index (χ2n) is 5.36. The zero-order valence-electron chi connectivity index (χ0n) is 12.8. The maximum Gasteiger partial charge on any atom is 0.286 e. The van der Waals surface area contributed by atoms with Gasteiger partial charge in [0.1, 0.15) is 0 Å². The third-order valence-corrected chi connectivity index (χ3v) is 4.50. The molecule has 0 bridgehead atoms. The van der Waals surface area contributed by atoms with Crippen molar-refractivity contribution < 1.29 is 4.79 Å². The van der Waals surface area contributed by atoms with Crippen molar-refractivity contribution in [1.29, 1.82) is 0 Å². The minimum absolute atomic E-state index is 0.261. The van der Waals surface area contributed by atoms with Crippen LogP contribution in [0.1, 0.15) is 22.5 Å². The summed E-state index contributed by atoms with van der Waals surface area (Å²) in [4.78, 5) is 16.0. The Hall–Kier alpha value is -2.27. The minimum atomic E-state index is -0.261. The van der Waals surface area contributed by atoms with Crippen molar-refractivity contribution in [2.45, 2.75) is 20.8 Å². The zero-order chi connectivity index (χ0) is 15.9. The smallest absolute Gasteiger partial charge is 0.286 e. The van der Waals surface area contributed by atoms with Crippen LogP contribution in [0.2, 0.25) is 0 Å². The first-order valence-corrected chi connectivity index (χ1v) is 7.81. The van der Waals surface area contributed by atoms with Gasteiger partial charge in [-0.2, -0.15) is 4.99 Å². The Morgan fingerprint density at radius 3 is 2.45 bits per heavy atom. The SMILES string of the molecule is Cc1ccc(-n2c(C)cc(/C=C3\SC(N)=NC3=O)c2C)cc1. The van der Waals surface area contributed by atoms with Crippen molar-refractivity contribution >= 4 is 28.9 Å². The molecule has 0 aliphatic carbocycles. The van der Waals surface area contributed by atoms with Crippen LogP contribution in [0.25, 0.3) is 11.8 Å². The largest absolute Gasteiger partial charge is 0.378 e. The van der Waals surface area contributed by atoms with Crippen LogP contribution in [0.5, 0.6) is 0 Å². The molecule has 0 fully saturated rings. The van der Waals surface area contributed by atoms with Gasteiger partial charge in [-0.3, -0.25) is 4.79 Å². The maximum atomic E-state index is 11.7. The first-order chi connectivity index (χ1) is 10.5. The minimum Gasteiger partial charge on any atom is -0.378 e. The molecule has 0 saturated carbocycles. The van der Waals surface area contributed by atoms with E-state index in [1.807, 2.05) is 13.0 Å². The van der Waals surface area contributed by atoms with E-state index in [2.05, 4.69) is 53.7 Å². The van der Waals surface area contributed by atoms with Gasteiger partial charge in [0.2, 0.25) is 0 Å². The zero-order valence-corrected chi connectivity index (χ0v) is 13.6. The third kappa shape index (κ3) is 2.60. The first kappa shape index (κ1) is 14.7. The van der Waals surface area contributed by atoms with Crippen LogP contribution in [0, 0.1) is 20.8 Å². The van der Waals surface area contributed by atoms with E-state index in [9.17, 15) is 4.79 Å². The van der Waals surface area contributed by atoms with Gasteiger partial charge < -0.3 is 10.3 Å². The quantitative estimate of drug-likeness (QED) is 0.865. The van der Waals surface area contributed by atoms with Crippen molar-refractivity contribution in [2.75, 3.05) is 0 Å². The second kappa shape index (κ2) is 5.50. The molecule has 2 heterocycles. The highest BCUT2D eigenvalue weighted by Crippen LogP contribution is 2.29. The molecule has 1 aliphatic heterocycles. The lowest BCUT2D eigenvalue weighted by Gasteiger charge is -2.10. The van der Waals surface area contributed by atoms with Crippen molar-refractivity contribution in [3.8, 4) is 5.69 Å². The van der Waals surface area contributed by atoms with Crippen molar-refractivity contribution in [2.24, 2.45) is 10.7 Å². The molecule has 2 aromatic rings. The average Bonchev–Trinajstić information content (AvgIpc) is 2.92. The molecule has 0 atom stereocenters. The molecule has 1 aromatic heterocycles. The van der Waals surface area contributed by atoms with Crippen LogP contribution in [-0.4, -0.2) is 15.6 Å². The van der Waals surface area contributed by atoms with E-state index in [0.717, 1.165) is 22.6 Å². The normalized spacial score (nSPS) is 16.4. The number of benzene rings is 1. The molecule has 0 unspecified atom stereocenters. The molecule has 3 rings (SSSR count). The van der Waals surface area contributed by atoms with Crippen molar-refractivity contribution in [3.63, 3.8) is 0 Å². The predicted octanol–water partition coefficient (Wildman–Crippen LogP) is 3.33. The average molecular weight is 311 g/mol. The predicted molar refractivity (Wildman–Crippen MR) is 92.2 cm³/mol. The summed E-state index contributed by atoms with van der Waals surface area (Å²) >= 11 is 1.22. The molecular weight excluding hydrogens is 294 g/mol. The molecule has 1 amide bonds. The highest BCUT2D eigenvalue weighted by molar-refractivity contribution is 8.18. The van der Waals surface area contributed by atoms with Gasteiger partial charge in [-0.05, 0) is 62.4 Å². The van der Waals surface area contributed by atoms with Crippen molar-refractivity contribution in [3.05, 3.63) is 57.8 Å². The highest BCUT2D eigenvalue weighted by atomic mass is 32.2. The molecule has 1 aliphatic rings. The number of thioether (sulfide) groups is 1. The number of nitrogens with zero attached hydrogens (tertiary/aromatic N) is 2. The van der Waals surface area contributed by atoms with E-state index in [1.54, 1.807) is 0 Å². The number of hydrogen-bond donors (Lipinski definition) is 1. The van der Waals surface area contributed by atoms with Gasteiger partial charge in [0.15, 0.2) is 5.17 Å². The van der Waals surface area contributed by atoms with E-state index in [0.29, 0.717) is 10.1 Å². The molecule has 112 valence electrons. The molecule has 1 aromatic carbocycles. The van der Waals surface area contributed by atoms with Gasteiger partial charge >= 0.3 is 0 Å². The fourth-order valence-electron chi connectivity index (χ4n) is 2.59. The summed E-state index contributed by atoms with van der Waals surface area (Å²) in [5.74, 6) is -0.261. The molecule has 5 heteroatoms. The van der Waals surface area contributed by atoms with E-state index in [1.165, 1.54) is 17.3 Å². The molecule has 2 N–H and O–H groups in total. The summed E-state index contributed by atoms with van der Waals surface area (Å²) in [5.41, 5.74) is 11.2. The molecular formula is C17H17N3OS. The van der Waals surface area contributed by atoms with Gasteiger partial charge in [0, 0.05) is 17.1 Å². The summed E-state index contributed by atoms with van der Waals surface area (Å²) < 4.78 is 2.18. The molecule has 22 heavy (non-hydrogen) atoms. The number of amides is 1. The summed E-state index contributed by atoms with van der Waals surface area (Å²) in [5, 5.41) is 0.309. The van der Waals surface area contributed by atoms with Crippen LogP contribution in [0.4, 0.5) is 0 Å². The standard InChI is InChI=1S/C17H17N3OS/c1-10-4-6-14(7-5-10)20-11(2)8-13(12(20)3)9-15-16(21)19-17(18)22-15/h4-9H,1-3H3,(H2,18,19,21)/b15-9-. The number of aryl methyl sites for hydroxylation is 2. The van der Waals surface area contributed by atoms with Gasteiger partial charge in [-0.25, -0.2) is 0 Å². The Morgan fingerprint density at radius 2 is 1.86 bits per heavy atom. The Labute approximate surface area is 133 Å². The van der Waals surface area contributed by atoms with Crippen LogP contribution in [-0.2, 0) is 4.79 Å². The number of hydrogen-bond acceptors (Lipinski definition) is 3. The molecule has 4 nitrogen and oxygen atoms in total. The number of carbonyl (C=O) groups is 1. The lowest BCUT2D eigenvalue weighted by Crippen LogP contribution is -2.01. The first-order valence-electron chi connectivity index (χ1n) is 7.00. The Kier molecular flexibility index (Phi) is 3.66.